The van der Waals surface area contributed by atoms with E-state index in [1.165, 1.54) is 11.8 Å². The molecule has 4 nitrogen and oxygen atoms in total. The topological polar surface area (TPSA) is 46.9 Å². The molecule has 0 aliphatic heterocycles. The normalized spacial score (nSPS) is 10.7. The summed E-state index contributed by atoms with van der Waals surface area (Å²) in [5.41, 5.74) is 4.18. The molecule has 2 aromatic carbocycles. The van der Waals surface area contributed by atoms with E-state index in [0.29, 0.717) is 5.75 Å². The van der Waals surface area contributed by atoms with Crippen LogP contribution in [-0.2, 0) is 11.2 Å². The number of thioether (sulfide) groups is 1. The molecule has 1 amide bonds. The summed E-state index contributed by atoms with van der Waals surface area (Å²) in [6.07, 6.45) is 4.54. The number of para-hydroxylation sites is 1. The predicted molar refractivity (Wildman–Crippen MR) is 111 cm³/mol. The molecule has 134 valence electrons. The van der Waals surface area contributed by atoms with E-state index in [4.69, 9.17) is 0 Å². The number of amides is 1. The van der Waals surface area contributed by atoms with Gasteiger partial charge in [0.1, 0.15) is 0 Å². The molecular weight excluding hydrogens is 410 g/mol. The number of carbonyl (C=O) groups excluding carboxylic acids is 1. The molecule has 1 heterocycles. The lowest BCUT2D eigenvalue weighted by Gasteiger charge is -2.13. The van der Waals surface area contributed by atoms with Gasteiger partial charge < -0.3 is 5.32 Å². The van der Waals surface area contributed by atoms with Gasteiger partial charge in [-0.05, 0) is 48.7 Å². The molecule has 0 saturated heterocycles. The number of halogens is 1. The Morgan fingerprint density at radius 2 is 2.00 bits per heavy atom. The van der Waals surface area contributed by atoms with E-state index < -0.39 is 0 Å². The number of anilines is 1. The van der Waals surface area contributed by atoms with E-state index in [2.05, 4.69) is 39.2 Å². The van der Waals surface area contributed by atoms with Gasteiger partial charge >= 0.3 is 0 Å². The molecular formula is C20H20BrN3OS. The number of imidazole rings is 1. The highest BCUT2D eigenvalue weighted by Gasteiger charge is 2.12. The largest absolute Gasteiger partial charge is 0.325 e. The van der Waals surface area contributed by atoms with Gasteiger partial charge in [0.05, 0.1) is 5.75 Å². The average molecular weight is 430 g/mol. The number of hydrogen-bond donors (Lipinski definition) is 1. The Kier molecular flexibility index (Phi) is 6.16. The summed E-state index contributed by atoms with van der Waals surface area (Å²) >= 11 is 4.87. The highest BCUT2D eigenvalue weighted by molar-refractivity contribution is 9.10. The molecule has 0 bridgehead atoms. The van der Waals surface area contributed by atoms with Crippen molar-refractivity contribution in [3.8, 4) is 5.69 Å². The fraction of sp³-hybridized carbons (Fsp3) is 0.200. The van der Waals surface area contributed by atoms with E-state index in [1.807, 2.05) is 54.1 Å². The Labute approximate surface area is 166 Å². The number of nitrogens with one attached hydrogen (secondary N) is 1. The van der Waals surface area contributed by atoms with Crippen LogP contribution in [0.3, 0.4) is 0 Å². The number of hydrogen-bond acceptors (Lipinski definition) is 3. The van der Waals surface area contributed by atoms with Gasteiger partial charge in [-0.2, -0.15) is 0 Å². The number of rotatable bonds is 6. The first-order valence-electron chi connectivity index (χ1n) is 8.39. The summed E-state index contributed by atoms with van der Waals surface area (Å²) in [4.78, 5) is 16.8. The van der Waals surface area contributed by atoms with Gasteiger partial charge in [0.2, 0.25) is 5.91 Å². The fourth-order valence-electron chi connectivity index (χ4n) is 2.70. The lowest BCUT2D eigenvalue weighted by molar-refractivity contribution is -0.113. The van der Waals surface area contributed by atoms with Crippen LogP contribution in [0.2, 0.25) is 0 Å². The summed E-state index contributed by atoms with van der Waals surface area (Å²) in [7, 11) is 0. The smallest absolute Gasteiger partial charge is 0.234 e. The van der Waals surface area contributed by atoms with Gasteiger partial charge in [0.15, 0.2) is 5.16 Å². The molecule has 0 saturated carbocycles. The van der Waals surface area contributed by atoms with Crippen LogP contribution in [-0.4, -0.2) is 21.2 Å². The van der Waals surface area contributed by atoms with Crippen molar-refractivity contribution < 1.29 is 4.79 Å². The molecule has 0 aliphatic rings. The highest BCUT2D eigenvalue weighted by atomic mass is 79.9. The summed E-state index contributed by atoms with van der Waals surface area (Å²) < 4.78 is 3.01. The number of carbonyl (C=O) groups is 1. The molecule has 1 aromatic heterocycles. The summed E-state index contributed by atoms with van der Waals surface area (Å²) in [6, 6.07) is 14.1. The zero-order chi connectivity index (χ0) is 18.5. The molecule has 0 fully saturated rings. The maximum Gasteiger partial charge on any atom is 0.234 e. The van der Waals surface area contributed by atoms with Crippen LogP contribution >= 0.6 is 27.7 Å². The van der Waals surface area contributed by atoms with Crippen molar-refractivity contribution in [2.75, 3.05) is 11.1 Å². The second-order valence-electron chi connectivity index (χ2n) is 5.86. The zero-order valence-corrected chi connectivity index (χ0v) is 17.1. The van der Waals surface area contributed by atoms with E-state index in [9.17, 15) is 4.79 Å². The quantitative estimate of drug-likeness (QED) is 0.545. The number of nitrogens with zero attached hydrogens (tertiary/aromatic N) is 2. The van der Waals surface area contributed by atoms with Gasteiger partial charge in [0.25, 0.3) is 0 Å². The lowest BCUT2D eigenvalue weighted by atomic mass is 10.1. The number of benzene rings is 2. The predicted octanol–water partition coefficient (Wildman–Crippen LogP) is 5.24. The molecule has 1 N–H and O–H groups in total. The maximum atomic E-state index is 12.4. The van der Waals surface area contributed by atoms with Gasteiger partial charge in [-0.25, -0.2) is 4.98 Å². The first-order valence-corrected chi connectivity index (χ1v) is 10.2. The minimum absolute atomic E-state index is 0.0237. The third kappa shape index (κ3) is 4.37. The van der Waals surface area contributed by atoms with Gasteiger partial charge in [-0.3, -0.25) is 9.36 Å². The lowest BCUT2D eigenvalue weighted by Crippen LogP contribution is -2.16. The van der Waals surface area contributed by atoms with E-state index in [1.54, 1.807) is 6.20 Å². The van der Waals surface area contributed by atoms with Crippen LogP contribution in [0, 0.1) is 6.92 Å². The van der Waals surface area contributed by atoms with Crippen LogP contribution < -0.4 is 5.32 Å². The minimum Gasteiger partial charge on any atom is -0.325 e. The van der Waals surface area contributed by atoms with Crippen molar-refractivity contribution >= 4 is 39.3 Å². The van der Waals surface area contributed by atoms with Crippen molar-refractivity contribution in [1.29, 1.82) is 0 Å². The zero-order valence-electron chi connectivity index (χ0n) is 14.7. The molecule has 0 radical (unpaired) electrons. The maximum absolute atomic E-state index is 12.4. The summed E-state index contributed by atoms with van der Waals surface area (Å²) in [5, 5.41) is 3.85. The first-order chi connectivity index (χ1) is 12.6. The molecule has 0 spiro atoms. The van der Waals surface area contributed by atoms with Crippen molar-refractivity contribution in [2.24, 2.45) is 0 Å². The Morgan fingerprint density at radius 3 is 2.73 bits per heavy atom. The van der Waals surface area contributed by atoms with Crippen molar-refractivity contribution in [3.63, 3.8) is 0 Å². The summed E-state index contributed by atoms with van der Waals surface area (Å²) in [5.74, 6) is 0.287. The third-order valence-corrected chi connectivity index (χ3v) is 5.54. The van der Waals surface area contributed by atoms with E-state index in [0.717, 1.165) is 38.6 Å². The molecule has 6 heteroatoms. The van der Waals surface area contributed by atoms with Crippen molar-refractivity contribution in [2.45, 2.75) is 25.4 Å². The fourth-order valence-corrected chi connectivity index (χ4v) is 3.74. The van der Waals surface area contributed by atoms with Crippen molar-refractivity contribution in [1.82, 2.24) is 9.55 Å². The minimum atomic E-state index is -0.0237. The second kappa shape index (κ2) is 8.56. The Balaban J connectivity index is 1.68. The average Bonchev–Trinajstić information content (AvgIpc) is 3.11. The molecule has 0 unspecified atom stereocenters. The number of aryl methyl sites for hydroxylation is 2. The monoisotopic (exact) mass is 429 g/mol. The van der Waals surface area contributed by atoms with Crippen LogP contribution in [0.25, 0.3) is 5.69 Å². The molecule has 3 aromatic rings. The Bertz CT molecular complexity index is 906. The number of aromatic nitrogens is 2. The van der Waals surface area contributed by atoms with Gasteiger partial charge in [-0.15, -0.1) is 0 Å². The molecule has 0 aliphatic carbocycles. The van der Waals surface area contributed by atoms with Crippen molar-refractivity contribution in [3.05, 3.63) is 70.5 Å². The SMILES string of the molecule is CCc1cccc(C)c1NC(=O)CSc1nccn1-c1ccc(Br)cc1. The third-order valence-electron chi connectivity index (χ3n) is 4.05. The van der Waals surface area contributed by atoms with Gasteiger partial charge in [0, 0.05) is 28.2 Å². The standard InChI is InChI=1S/C20H20BrN3OS/c1-3-15-6-4-5-14(2)19(15)23-18(25)13-26-20-22-11-12-24(20)17-9-7-16(21)8-10-17/h4-12H,3,13H2,1-2H3,(H,23,25). The van der Waals surface area contributed by atoms with E-state index in [-0.39, 0.29) is 5.91 Å². The first kappa shape index (κ1) is 18.7. The molecule has 0 atom stereocenters. The van der Waals surface area contributed by atoms with E-state index >= 15 is 0 Å². The van der Waals surface area contributed by atoms with Crippen LogP contribution in [0.1, 0.15) is 18.1 Å². The van der Waals surface area contributed by atoms with Crippen LogP contribution in [0.4, 0.5) is 5.69 Å². The van der Waals surface area contributed by atoms with Crippen LogP contribution in [0.15, 0.2) is 64.5 Å². The Hall–Kier alpha value is -2.05. The second-order valence-corrected chi connectivity index (χ2v) is 7.71. The highest BCUT2D eigenvalue weighted by Crippen LogP contribution is 2.24. The Morgan fingerprint density at radius 1 is 1.23 bits per heavy atom. The molecule has 26 heavy (non-hydrogen) atoms. The molecule has 3 rings (SSSR count). The van der Waals surface area contributed by atoms with Gasteiger partial charge in [-0.1, -0.05) is 52.8 Å². The van der Waals surface area contributed by atoms with Crippen LogP contribution in [0.5, 0.6) is 0 Å². The summed E-state index contributed by atoms with van der Waals surface area (Å²) in [6.45, 7) is 4.11.